The van der Waals surface area contributed by atoms with Crippen LogP contribution < -0.4 is 4.90 Å². The van der Waals surface area contributed by atoms with Crippen LogP contribution in [0.15, 0.2) is 36.7 Å². The van der Waals surface area contributed by atoms with Gasteiger partial charge in [-0.25, -0.2) is 14.4 Å². The van der Waals surface area contributed by atoms with Crippen molar-refractivity contribution in [2.45, 2.75) is 5.88 Å². The minimum Gasteiger partial charge on any atom is -0.314 e. The zero-order valence-electron chi connectivity index (χ0n) is 9.27. The van der Waals surface area contributed by atoms with Crippen molar-refractivity contribution in [3.63, 3.8) is 0 Å². The fourth-order valence-electron chi connectivity index (χ4n) is 1.39. The molecule has 2 rings (SSSR count). The molecule has 17 heavy (non-hydrogen) atoms. The Labute approximate surface area is 104 Å². The van der Waals surface area contributed by atoms with Gasteiger partial charge >= 0.3 is 0 Å². The van der Waals surface area contributed by atoms with Gasteiger partial charge in [0.1, 0.15) is 5.82 Å². The molecule has 1 aromatic heterocycles. The Balaban J connectivity index is 2.27. The standard InChI is InChI=1S/C12H11ClFN3/c1-17(11-4-2-3-10(14)5-11)12-15-7-9(6-13)8-16-12/h2-5,7-8H,6H2,1H3. The first-order chi connectivity index (χ1) is 8.20. The van der Waals surface area contributed by atoms with Crippen molar-refractivity contribution >= 4 is 23.2 Å². The zero-order chi connectivity index (χ0) is 12.3. The van der Waals surface area contributed by atoms with Crippen LogP contribution in [0.3, 0.4) is 0 Å². The van der Waals surface area contributed by atoms with Crippen molar-refractivity contribution in [3.8, 4) is 0 Å². The molecule has 3 nitrogen and oxygen atoms in total. The van der Waals surface area contributed by atoms with Crippen LogP contribution in [-0.4, -0.2) is 17.0 Å². The summed E-state index contributed by atoms with van der Waals surface area (Å²) in [5.74, 6) is 0.598. The molecule has 2 aromatic rings. The van der Waals surface area contributed by atoms with Crippen molar-refractivity contribution in [1.82, 2.24) is 9.97 Å². The lowest BCUT2D eigenvalue weighted by atomic mass is 10.3. The molecule has 0 saturated heterocycles. The van der Waals surface area contributed by atoms with E-state index in [0.29, 0.717) is 17.5 Å². The number of aromatic nitrogens is 2. The average Bonchev–Trinajstić information content (AvgIpc) is 2.38. The Bertz CT molecular complexity index is 501. The van der Waals surface area contributed by atoms with Crippen molar-refractivity contribution < 1.29 is 4.39 Å². The van der Waals surface area contributed by atoms with E-state index in [-0.39, 0.29) is 5.82 Å². The fraction of sp³-hybridized carbons (Fsp3) is 0.167. The number of halogens is 2. The third kappa shape index (κ3) is 2.71. The number of rotatable bonds is 3. The van der Waals surface area contributed by atoms with Crippen LogP contribution in [-0.2, 0) is 5.88 Å². The van der Waals surface area contributed by atoms with Gasteiger partial charge in [0.25, 0.3) is 0 Å². The van der Waals surface area contributed by atoms with E-state index in [9.17, 15) is 4.39 Å². The number of hydrogen-bond donors (Lipinski definition) is 0. The molecule has 0 spiro atoms. The molecular formula is C12H11ClFN3. The molecule has 0 radical (unpaired) electrons. The van der Waals surface area contributed by atoms with Crippen LogP contribution in [0.5, 0.6) is 0 Å². The molecule has 0 bridgehead atoms. The molecule has 1 heterocycles. The molecule has 88 valence electrons. The van der Waals surface area contributed by atoms with E-state index >= 15 is 0 Å². The summed E-state index contributed by atoms with van der Waals surface area (Å²) in [6, 6.07) is 6.27. The minimum absolute atomic E-state index is 0.285. The highest BCUT2D eigenvalue weighted by molar-refractivity contribution is 6.17. The van der Waals surface area contributed by atoms with Crippen LogP contribution in [0.1, 0.15) is 5.56 Å². The zero-order valence-corrected chi connectivity index (χ0v) is 10.0. The number of benzene rings is 1. The molecule has 1 aromatic carbocycles. The van der Waals surface area contributed by atoms with Crippen LogP contribution >= 0.6 is 11.6 Å². The number of hydrogen-bond acceptors (Lipinski definition) is 3. The molecular weight excluding hydrogens is 241 g/mol. The second-order valence-corrected chi connectivity index (χ2v) is 3.83. The predicted octanol–water partition coefficient (Wildman–Crippen LogP) is 3.12. The first kappa shape index (κ1) is 11.8. The quantitative estimate of drug-likeness (QED) is 0.785. The van der Waals surface area contributed by atoms with Crippen LogP contribution in [0, 0.1) is 5.82 Å². The van der Waals surface area contributed by atoms with Gasteiger partial charge in [0.15, 0.2) is 0 Å². The summed E-state index contributed by atoms with van der Waals surface area (Å²) < 4.78 is 13.1. The lowest BCUT2D eigenvalue weighted by Gasteiger charge is -2.16. The summed E-state index contributed by atoms with van der Waals surface area (Å²) in [4.78, 5) is 10.0. The van der Waals surface area contributed by atoms with Crippen molar-refractivity contribution in [1.29, 1.82) is 0 Å². The first-order valence-corrected chi connectivity index (χ1v) is 5.60. The summed E-state index contributed by atoms with van der Waals surface area (Å²) in [5, 5.41) is 0. The lowest BCUT2D eigenvalue weighted by molar-refractivity contribution is 0.628. The van der Waals surface area contributed by atoms with E-state index in [1.54, 1.807) is 36.5 Å². The minimum atomic E-state index is -0.285. The summed E-state index contributed by atoms with van der Waals surface area (Å²) in [6.45, 7) is 0. The van der Waals surface area contributed by atoms with E-state index < -0.39 is 0 Å². The Kier molecular flexibility index (Phi) is 3.54. The lowest BCUT2D eigenvalue weighted by Crippen LogP contribution is -2.13. The smallest absolute Gasteiger partial charge is 0.229 e. The van der Waals surface area contributed by atoms with Gasteiger partial charge in [0.2, 0.25) is 5.95 Å². The maximum Gasteiger partial charge on any atom is 0.229 e. The third-order valence-electron chi connectivity index (χ3n) is 2.34. The monoisotopic (exact) mass is 251 g/mol. The SMILES string of the molecule is CN(c1cccc(F)c1)c1ncc(CCl)cn1. The van der Waals surface area contributed by atoms with Gasteiger partial charge in [-0.3, -0.25) is 0 Å². The average molecular weight is 252 g/mol. The van der Waals surface area contributed by atoms with Crippen LogP contribution in [0.25, 0.3) is 0 Å². The number of alkyl halides is 1. The molecule has 0 saturated carbocycles. The van der Waals surface area contributed by atoms with Crippen molar-refractivity contribution in [2.75, 3.05) is 11.9 Å². The molecule has 0 amide bonds. The van der Waals surface area contributed by atoms with Gasteiger partial charge in [-0.1, -0.05) is 6.07 Å². The summed E-state index contributed by atoms with van der Waals surface area (Å²) in [7, 11) is 1.78. The molecule has 5 heteroatoms. The molecule has 0 N–H and O–H groups in total. The fourth-order valence-corrected chi connectivity index (χ4v) is 1.53. The summed E-state index contributed by atoms with van der Waals surface area (Å²) in [6.07, 6.45) is 3.32. The summed E-state index contributed by atoms with van der Waals surface area (Å²) >= 11 is 5.65. The molecule has 0 fully saturated rings. The number of anilines is 2. The molecule has 0 atom stereocenters. The molecule has 0 aliphatic rings. The maximum absolute atomic E-state index is 13.1. The highest BCUT2D eigenvalue weighted by atomic mass is 35.5. The second-order valence-electron chi connectivity index (χ2n) is 3.56. The Hall–Kier alpha value is -1.68. The second kappa shape index (κ2) is 5.10. The van der Waals surface area contributed by atoms with Gasteiger partial charge in [0.05, 0.1) is 5.88 Å². The van der Waals surface area contributed by atoms with E-state index in [2.05, 4.69) is 9.97 Å². The third-order valence-corrected chi connectivity index (χ3v) is 2.65. The topological polar surface area (TPSA) is 29.0 Å². The van der Waals surface area contributed by atoms with E-state index in [1.165, 1.54) is 12.1 Å². The Morgan fingerprint density at radius 1 is 1.29 bits per heavy atom. The van der Waals surface area contributed by atoms with Crippen LogP contribution in [0.2, 0.25) is 0 Å². The van der Waals surface area contributed by atoms with E-state index in [4.69, 9.17) is 11.6 Å². The largest absolute Gasteiger partial charge is 0.314 e. The van der Waals surface area contributed by atoms with Gasteiger partial charge in [-0.05, 0) is 18.2 Å². The number of nitrogens with zero attached hydrogens (tertiary/aromatic N) is 3. The van der Waals surface area contributed by atoms with Gasteiger partial charge in [-0.2, -0.15) is 0 Å². The molecule has 0 aliphatic heterocycles. The predicted molar refractivity (Wildman–Crippen MR) is 66.1 cm³/mol. The van der Waals surface area contributed by atoms with Crippen molar-refractivity contribution in [3.05, 3.63) is 48.0 Å². The molecule has 0 unspecified atom stereocenters. The van der Waals surface area contributed by atoms with E-state index in [1.807, 2.05) is 0 Å². The molecule has 0 aliphatic carbocycles. The van der Waals surface area contributed by atoms with Crippen molar-refractivity contribution in [2.24, 2.45) is 0 Å². The Morgan fingerprint density at radius 2 is 2.00 bits per heavy atom. The highest BCUT2D eigenvalue weighted by Gasteiger charge is 2.07. The maximum atomic E-state index is 13.1. The van der Waals surface area contributed by atoms with Crippen LogP contribution in [0.4, 0.5) is 16.0 Å². The first-order valence-electron chi connectivity index (χ1n) is 5.07. The van der Waals surface area contributed by atoms with E-state index in [0.717, 1.165) is 5.56 Å². The van der Waals surface area contributed by atoms with Gasteiger partial charge in [0, 0.05) is 30.7 Å². The van der Waals surface area contributed by atoms with Gasteiger partial charge < -0.3 is 4.90 Å². The van der Waals surface area contributed by atoms with Gasteiger partial charge in [-0.15, -0.1) is 11.6 Å². The normalized spacial score (nSPS) is 10.3. The Morgan fingerprint density at radius 3 is 2.59 bits per heavy atom. The summed E-state index contributed by atoms with van der Waals surface area (Å²) in [5.41, 5.74) is 1.55. The highest BCUT2D eigenvalue weighted by Crippen LogP contribution is 2.20.